The van der Waals surface area contributed by atoms with E-state index in [1.807, 2.05) is 54.6 Å². The summed E-state index contributed by atoms with van der Waals surface area (Å²) in [6.07, 6.45) is 7.00. The smallest absolute Gasteiger partial charge is 0.255 e. The second kappa shape index (κ2) is 10.2. The van der Waals surface area contributed by atoms with Crippen LogP contribution in [0, 0.1) is 0 Å². The molecule has 1 aliphatic rings. The lowest BCUT2D eigenvalue weighted by atomic mass is 10.1. The Hall–Kier alpha value is -4.17. The Morgan fingerprint density at radius 1 is 0.889 bits per heavy atom. The van der Waals surface area contributed by atoms with Crippen LogP contribution in [-0.2, 0) is 23.0 Å². The van der Waals surface area contributed by atoms with E-state index in [0.717, 1.165) is 41.0 Å². The Kier molecular flexibility index (Phi) is 6.69. The van der Waals surface area contributed by atoms with Crippen molar-refractivity contribution < 1.29 is 13.2 Å². The molecule has 36 heavy (non-hydrogen) atoms. The highest BCUT2D eigenvalue weighted by Crippen LogP contribution is 2.24. The third kappa shape index (κ3) is 5.72. The maximum absolute atomic E-state index is 12.7. The molecule has 0 saturated carbocycles. The van der Waals surface area contributed by atoms with Gasteiger partial charge in [-0.05, 0) is 60.9 Å². The molecule has 0 saturated heterocycles. The molecule has 3 aromatic carbocycles. The third-order valence-corrected chi connectivity index (χ3v) is 7.01. The molecular formula is C28H26N4O3S. The molecule has 0 radical (unpaired) electrons. The molecule has 1 amide bonds. The van der Waals surface area contributed by atoms with E-state index in [1.54, 1.807) is 24.3 Å². The molecule has 1 aromatic heterocycles. The monoisotopic (exact) mass is 498 g/mol. The minimum atomic E-state index is -3.68. The van der Waals surface area contributed by atoms with E-state index < -0.39 is 10.0 Å². The zero-order chi connectivity index (χ0) is 25.0. The fourth-order valence-corrected chi connectivity index (χ4v) is 4.97. The zero-order valence-corrected chi connectivity index (χ0v) is 20.4. The highest BCUT2D eigenvalue weighted by Gasteiger charge is 2.14. The van der Waals surface area contributed by atoms with Crippen molar-refractivity contribution in [2.45, 2.75) is 25.8 Å². The number of imidazole rings is 1. The lowest BCUT2D eigenvalue weighted by molar-refractivity contribution is 0.102. The van der Waals surface area contributed by atoms with Gasteiger partial charge in [0.1, 0.15) is 5.82 Å². The average molecular weight is 499 g/mol. The van der Waals surface area contributed by atoms with Gasteiger partial charge in [0.05, 0.1) is 11.1 Å². The molecule has 0 bridgehead atoms. The van der Waals surface area contributed by atoms with E-state index in [9.17, 15) is 13.2 Å². The topological polar surface area (TPSA) is 93.1 Å². The first-order valence-corrected chi connectivity index (χ1v) is 13.3. The number of rotatable bonds is 7. The molecule has 182 valence electrons. The largest absolute Gasteiger partial charge is 0.334 e. The maximum Gasteiger partial charge on any atom is 0.255 e. The van der Waals surface area contributed by atoms with E-state index in [1.165, 1.54) is 18.9 Å². The number of aryl methyl sites for hydroxylation is 2. The van der Waals surface area contributed by atoms with Gasteiger partial charge in [-0.3, -0.25) is 9.52 Å². The predicted molar refractivity (Wildman–Crippen MR) is 143 cm³/mol. The normalized spacial score (nSPS) is 13.3. The van der Waals surface area contributed by atoms with E-state index in [2.05, 4.69) is 20.8 Å². The number of fused-ring (bicyclic) bond motifs is 1. The third-order valence-electron chi connectivity index (χ3n) is 5.99. The summed E-state index contributed by atoms with van der Waals surface area (Å²) in [6.45, 7) is 1.01. The molecule has 0 aliphatic carbocycles. The first kappa shape index (κ1) is 23.6. The fraction of sp³-hybridized carbons (Fsp3) is 0.143. The first-order chi connectivity index (χ1) is 17.4. The van der Waals surface area contributed by atoms with Crippen LogP contribution in [-0.4, -0.2) is 23.9 Å². The molecule has 7 nitrogen and oxygen atoms in total. The number of aromatic nitrogens is 2. The van der Waals surface area contributed by atoms with Crippen molar-refractivity contribution in [3.05, 3.63) is 107 Å². The predicted octanol–water partition coefficient (Wildman–Crippen LogP) is 5.55. The van der Waals surface area contributed by atoms with Crippen LogP contribution in [0.4, 0.5) is 11.4 Å². The Morgan fingerprint density at radius 3 is 2.33 bits per heavy atom. The fourth-order valence-electron chi connectivity index (χ4n) is 4.10. The minimum Gasteiger partial charge on any atom is -0.334 e. The summed E-state index contributed by atoms with van der Waals surface area (Å²) in [5.74, 6) is 0.852. The first-order valence-electron chi connectivity index (χ1n) is 11.8. The minimum absolute atomic E-state index is 0.279. The van der Waals surface area contributed by atoms with Gasteiger partial charge in [0.15, 0.2) is 0 Å². The summed E-state index contributed by atoms with van der Waals surface area (Å²) in [5.41, 5.74) is 4.20. The van der Waals surface area contributed by atoms with Gasteiger partial charge >= 0.3 is 0 Å². The molecule has 0 unspecified atom stereocenters. The number of amides is 1. The van der Waals surface area contributed by atoms with Crippen molar-refractivity contribution >= 4 is 33.4 Å². The highest BCUT2D eigenvalue weighted by molar-refractivity contribution is 7.95. The molecule has 2 N–H and O–H groups in total. The van der Waals surface area contributed by atoms with Crippen LogP contribution >= 0.6 is 0 Å². The molecule has 1 aliphatic heterocycles. The molecule has 0 fully saturated rings. The average Bonchev–Trinajstić information content (AvgIpc) is 3.33. The number of nitrogens with zero attached hydrogens (tertiary/aromatic N) is 2. The molecule has 8 heteroatoms. The summed E-state index contributed by atoms with van der Waals surface area (Å²) in [5, 5.41) is 3.99. The van der Waals surface area contributed by atoms with Gasteiger partial charge < -0.3 is 9.88 Å². The van der Waals surface area contributed by atoms with Gasteiger partial charge in [0.25, 0.3) is 15.9 Å². The van der Waals surface area contributed by atoms with Crippen molar-refractivity contribution in [1.82, 2.24) is 9.55 Å². The van der Waals surface area contributed by atoms with Gasteiger partial charge in [-0.25, -0.2) is 13.4 Å². The number of carbonyl (C=O) groups excluding carboxylic acids is 1. The summed E-state index contributed by atoms with van der Waals surface area (Å²) in [6, 6.07) is 23.1. The van der Waals surface area contributed by atoms with Crippen LogP contribution in [0.25, 0.3) is 17.3 Å². The van der Waals surface area contributed by atoms with E-state index in [-0.39, 0.29) is 5.91 Å². The zero-order valence-electron chi connectivity index (χ0n) is 19.6. The molecule has 0 spiro atoms. The van der Waals surface area contributed by atoms with Gasteiger partial charge in [0, 0.05) is 41.7 Å². The van der Waals surface area contributed by atoms with Crippen molar-refractivity contribution in [2.24, 2.45) is 0 Å². The summed E-state index contributed by atoms with van der Waals surface area (Å²) in [4.78, 5) is 17.4. The molecule has 2 heterocycles. The summed E-state index contributed by atoms with van der Waals surface area (Å²) < 4.78 is 29.4. The maximum atomic E-state index is 12.7. The van der Waals surface area contributed by atoms with Gasteiger partial charge in [-0.1, -0.05) is 42.5 Å². The van der Waals surface area contributed by atoms with Gasteiger partial charge in [-0.2, -0.15) is 0 Å². The van der Waals surface area contributed by atoms with Crippen molar-refractivity contribution in [2.75, 3.05) is 10.0 Å². The number of benzene rings is 3. The SMILES string of the molecule is O=C(Nc1ccc(-c2cn3c(n2)CCCC3)cc1)c1ccc(NS(=O)(=O)C=Cc2ccccc2)cc1. The van der Waals surface area contributed by atoms with Crippen LogP contribution in [0.1, 0.15) is 34.6 Å². The van der Waals surface area contributed by atoms with Gasteiger partial charge in [-0.15, -0.1) is 0 Å². The van der Waals surface area contributed by atoms with E-state index in [4.69, 9.17) is 4.98 Å². The number of hydrogen-bond acceptors (Lipinski definition) is 4. The number of anilines is 2. The number of carbonyl (C=O) groups is 1. The number of nitrogens with one attached hydrogen (secondary N) is 2. The lowest BCUT2D eigenvalue weighted by Gasteiger charge is -2.11. The van der Waals surface area contributed by atoms with E-state index in [0.29, 0.717) is 16.9 Å². The molecule has 0 atom stereocenters. The molecule has 5 rings (SSSR count). The van der Waals surface area contributed by atoms with E-state index >= 15 is 0 Å². The van der Waals surface area contributed by atoms with Crippen LogP contribution in [0.2, 0.25) is 0 Å². The van der Waals surface area contributed by atoms with Crippen LogP contribution < -0.4 is 10.0 Å². The quantitative estimate of drug-likeness (QED) is 0.349. The van der Waals surface area contributed by atoms with Crippen molar-refractivity contribution in [1.29, 1.82) is 0 Å². The summed E-state index contributed by atoms with van der Waals surface area (Å²) in [7, 11) is -3.68. The Labute approximate surface area is 210 Å². The lowest BCUT2D eigenvalue weighted by Crippen LogP contribution is -2.12. The second-order valence-corrected chi connectivity index (χ2v) is 10.2. The summed E-state index contributed by atoms with van der Waals surface area (Å²) >= 11 is 0. The standard InChI is InChI=1S/C28H26N4O3S/c33-28(29-24-13-9-22(10-14-24)26-20-32-18-5-4-8-27(32)30-26)23-11-15-25(16-12-23)31-36(34,35)19-17-21-6-2-1-3-7-21/h1-3,6-7,9-17,19-20,31H,4-5,8,18H2,(H,29,33). The number of hydrogen-bond donors (Lipinski definition) is 2. The Balaban J connectivity index is 1.20. The van der Waals surface area contributed by atoms with Crippen LogP contribution in [0.5, 0.6) is 0 Å². The Morgan fingerprint density at radius 2 is 1.61 bits per heavy atom. The number of sulfonamides is 1. The van der Waals surface area contributed by atoms with Gasteiger partial charge in [0.2, 0.25) is 0 Å². The highest BCUT2D eigenvalue weighted by atomic mass is 32.2. The van der Waals surface area contributed by atoms with Crippen molar-refractivity contribution in [3.8, 4) is 11.3 Å². The van der Waals surface area contributed by atoms with Crippen molar-refractivity contribution in [3.63, 3.8) is 0 Å². The second-order valence-electron chi connectivity index (χ2n) is 8.66. The van der Waals surface area contributed by atoms with Crippen LogP contribution in [0.15, 0.2) is 90.5 Å². The molecule has 4 aromatic rings. The van der Waals surface area contributed by atoms with Crippen LogP contribution in [0.3, 0.4) is 0 Å². The molecular weight excluding hydrogens is 472 g/mol. The Bertz CT molecular complexity index is 1470.